The van der Waals surface area contributed by atoms with Crippen LogP contribution in [0.2, 0.25) is 0 Å². The molecular weight excluding hydrogens is 347 g/mol. The first-order chi connectivity index (χ1) is 7.07. The van der Waals surface area contributed by atoms with E-state index in [1.807, 2.05) is 3.33 Å². The maximum absolute atomic E-state index is 2.37. The van der Waals surface area contributed by atoms with Gasteiger partial charge in [0.15, 0.2) is 0 Å². The number of hydrogen-bond donors (Lipinski definition) is 0. The molecule has 0 atom stereocenters. The van der Waals surface area contributed by atoms with Gasteiger partial charge in [-0.05, 0) is 0 Å². The molecule has 78 valence electrons. The molecule has 0 amide bonds. The molecule has 2 aliphatic carbocycles. The molecule has 2 aliphatic rings. The van der Waals surface area contributed by atoms with Gasteiger partial charge in [0.25, 0.3) is 0 Å². The number of hydrogen-bond acceptors (Lipinski definition) is 0. The Bertz CT molecular complexity index is 373. The Morgan fingerprint density at radius 1 is 1.13 bits per heavy atom. The van der Waals surface area contributed by atoms with E-state index in [4.69, 9.17) is 0 Å². The van der Waals surface area contributed by atoms with Gasteiger partial charge in [0, 0.05) is 0 Å². The molecule has 0 spiro atoms. The normalized spacial score (nSPS) is 20.1. The fourth-order valence-corrected chi connectivity index (χ4v) is 7.81. The van der Waals surface area contributed by atoms with Crippen LogP contribution < -0.4 is 0 Å². The van der Waals surface area contributed by atoms with Gasteiger partial charge in [0.1, 0.15) is 0 Å². The van der Waals surface area contributed by atoms with Crippen molar-refractivity contribution in [1.82, 2.24) is 0 Å². The van der Waals surface area contributed by atoms with Crippen LogP contribution in [0.25, 0.3) is 0 Å². The van der Waals surface area contributed by atoms with E-state index in [0.29, 0.717) is 5.41 Å². The SMILES string of the molecule is CC(C)(C)C1=[C]([Hf][C]2=CC=CC2)CC=C1. The molecule has 0 aromatic carbocycles. The quantitative estimate of drug-likeness (QED) is 0.645. The standard InChI is InChI=1S/C9H13.C5H5.Hf/c1-9(2,3)8-6-4-5-7-8;1-2-4-5-3-1;/h4,6H,5H2,1-3H3;1-3H,4H2;. The van der Waals surface area contributed by atoms with Crippen molar-refractivity contribution < 1.29 is 22.9 Å². The predicted molar refractivity (Wildman–Crippen MR) is 62.1 cm³/mol. The second-order valence-electron chi connectivity index (χ2n) is 5.20. The molecule has 0 unspecified atom stereocenters. The van der Waals surface area contributed by atoms with Crippen LogP contribution in [0.3, 0.4) is 0 Å². The van der Waals surface area contributed by atoms with Gasteiger partial charge in [-0.2, -0.15) is 0 Å². The zero-order valence-electron chi connectivity index (χ0n) is 9.80. The predicted octanol–water partition coefficient (Wildman–Crippen LogP) is 4.17. The van der Waals surface area contributed by atoms with Crippen LogP contribution in [0.15, 0.2) is 42.6 Å². The summed E-state index contributed by atoms with van der Waals surface area (Å²) in [5.74, 6) is 0. The van der Waals surface area contributed by atoms with Crippen molar-refractivity contribution in [2.75, 3.05) is 0 Å². The van der Waals surface area contributed by atoms with E-state index in [-0.39, 0.29) is 0 Å². The van der Waals surface area contributed by atoms with E-state index in [1.165, 1.54) is 12.8 Å². The summed E-state index contributed by atoms with van der Waals surface area (Å²) in [6.07, 6.45) is 14.1. The Hall–Kier alpha value is -0.170. The van der Waals surface area contributed by atoms with Crippen LogP contribution in [0, 0.1) is 5.41 Å². The Morgan fingerprint density at radius 2 is 1.93 bits per heavy atom. The minimum absolute atomic E-state index is 0.349. The monoisotopic (exact) mass is 366 g/mol. The summed E-state index contributed by atoms with van der Waals surface area (Å²) >= 11 is -0.676. The van der Waals surface area contributed by atoms with E-state index >= 15 is 0 Å². The molecule has 0 bridgehead atoms. The van der Waals surface area contributed by atoms with Gasteiger partial charge in [-0.15, -0.1) is 0 Å². The average Bonchev–Trinajstić information content (AvgIpc) is 2.73. The van der Waals surface area contributed by atoms with Gasteiger partial charge >= 0.3 is 105 Å². The molecule has 2 rings (SSSR count). The van der Waals surface area contributed by atoms with E-state index < -0.39 is 22.9 Å². The van der Waals surface area contributed by atoms with Gasteiger partial charge in [0.05, 0.1) is 0 Å². The molecule has 0 N–H and O–H groups in total. The van der Waals surface area contributed by atoms with E-state index in [1.54, 1.807) is 8.90 Å². The summed E-state index contributed by atoms with van der Waals surface area (Å²) in [6.45, 7) is 7.01. The molecule has 0 saturated carbocycles. The van der Waals surface area contributed by atoms with Gasteiger partial charge in [-0.1, -0.05) is 0 Å². The van der Waals surface area contributed by atoms with E-state index in [0.717, 1.165) is 0 Å². The molecule has 0 aromatic heterocycles. The Morgan fingerprint density at radius 3 is 2.53 bits per heavy atom. The molecule has 0 saturated heterocycles. The molecule has 15 heavy (non-hydrogen) atoms. The van der Waals surface area contributed by atoms with Gasteiger partial charge < -0.3 is 0 Å². The van der Waals surface area contributed by atoms with E-state index in [2.05, 4.69) is 51.2 Å². The fraction of sp³-hybridized carbons (Fsp3) is 0.429. The van der Waals surface area contributed by atoms with Gasteiger partial charge in [-0.3, -0.25) is 0 Å². The maximum atomic E-state index is 2.37. The third-order valence-electron chi connectivity index (χ3n) is 2.82. The molecule has 0 aliphatic heterocycles. The molecule has 0 radical (unpaired) electrons. The van der Waals surface area contributed by atoms with Crippen LogP contribution >= 0.6 is 0 Å². The molecule has 0 aromatic rings. The summed E-state index contributed by atoms with van der Waals surface area (Å²) in [5, 5.41) is 0. The van der Waals surface area contributed by atoms with Crippen LogP contribution in [-0.4, -0.2) is 0 Å². The first-order valence-corrected chi connectivity index (χ1v) is 9.19. The second kappa shape index (κ2) is 4.37. The Balaban J connectivity index is 2.14. The van der Waals surface area contributed by atoms with Crippen molar-refractivity contribution in [3.05, 3.63) is 42.6 Å². The summed E-state index contributed by atoms with van der Waals surface area (Å²) in [4.78, 5) is 0. The Labute approximate surface area is 104 Å². The third kappa shape index (κ3) is 2.69. The molecule has 0 fully saturated rings. The fourth-order valence-electron chi connectivity index (χ4n) is 2.06. The number of allylic oxidation sites excluding steroid dienone is 8. The van der Waals surface area contributed by atoms with Gasteiger partial charge in [-0.25, -0.2) is 0 Å². The third-order valence-corrected chi connectivity index (χ3v) is 8.09. The first kappa shape index (κ1) is 11.3. The summed E-state index contributed by atoms with van der Waals surface area (Å²) in [7, 11) is 0. The van der Waals surface area contributed by atoms with Crippen molar-refractivity contribution in [3.63, 3.8) is 0 Å². The second-order valence-corrected chi connectivity index (χ2v) is 10.6. The molecular formula is C14H18Hf. The van der Waals surface area contributed by atoms with Crippen LogP contribution in [-0.2, 0) is 22.9 Å². The zero-order chi connectivity index (χ0) is 10.9. The summed E-state index contributed by atoms with van der Waals surface area (Å²) in [6, 6.07) is 0. The summed E-state index contributed by atoms with van der Waals surface area (Å²) in [5.41, 5.74) is 1.99. The number of rotatable bonds is 2. The van der Waals surface area contributed by atoms with Crippen molar-refractivity contribution >= 4 is 0 Å². The Kier molecular flexibility index (Phi) is 3.30. The van der Waals surface area contributed by atoms with Gasteiger partial charge in [0.2, 0.25) is 0 Å². The summed E-state index contributed by atoms with van der Waals surface area (Å²) < 4.78 is 3.58. The van der Waals surface area contributed by atoms with Crippen LogP contribution in [0.1, 0.15) is 33.6 Å². The molecule has 1 heteroatoms. The van der Waals surface area contributed by atoms with Crippen molar-refractivity contribution in [1.29, 1.82) is 0 Å². The van der Waals surface area contributed by atoms with Crippen molar-refractivity contribution in [2.45, 2.75) is 33.6 Å². The molecule has 0 nitrogen and oxygen atoms in total. The van der Waals surface area contributed by atoms with E-state index in [9.17, 15) is 0 Å². The van der Waals surface area contributed by atoms with Crippen molar-refractivity contribution in [3.8, 4) is 0 Å². The minimum atomic E-state index is -0.676. The zero-order valence-corrected chi connectivity index (χ0v) is 13.4. The topological polar surface area (TPSA) is 0 Å². The van der Waals surface area contributed by atoms with Crippen molar-refractivity contribution in [2.24, 2.45) is 5.41 Å². The van der Waals surface area contributed by atoms with Crippen LogP contribution in [0.5, 0.6) is 0 Å². The first-order valence-electron chi connectivity index (χ1n) is 5.60. The average molecular weight is 365 g/mol. The van der Waals surface area contributed by atoms with Crippen LogP contribution in [0.4, 0.5) is 0 Å². The molecule has 0 heterocycles.